The Bertz CT molecular complexity index is 414. The third kappa shape index (κ3) is 2.43. The van der Waals surface area contributed by atoms with Crippen LogP contribution in [0.3, 0.4) is 0 Å². The van der Waals surface area contributed by atoms with E-state index in [1.54, 1.807) is 0 Å². The van der Waals surface area contributed by atoms with Gasteiger partial charge in [0.15, 0.2) is 0 Å². The highest BCUT2D eigenvalue weighted by Crippen LogP contribution is 2.32. The summed E-state index contributed by atoms with van der Waals surface area (Å²) < 4.78 is 1.33. The predicted molar refractivity (Wildman–Crippen MR) is 72.2 cm³/mol. The van der Waals surface area contributed by atoms with Crippen molar-refractivity contribution in [3.05, 3.63) is 29.3 Å². The summed E-state index contributed by atoms with van der Waals surface area (Å²) in [6.07, 6.45) is 5.09. The second-order valence-electron chi connectivity index (χ2n) is 4.27. The zero-order chi connectivity index (χ0) is 11.4. The number of unbranched alkanes of at least 4 members (excludes halogenated alkanes) is 1. The van der Waals surface area contributed by atoms with E-state index in [4.69, 9.17) is 4.98 Å². The van der Waals surface area contributed by atoms with Crippen molar-refractivity contribution in [1.82, 2.24) is 4.98 Å². The van der Waals surface area contributed by atoms with Crippen LogP contribution in [-0.2, 0) is 0 Å². The molecule has 86 valence electrons. The third-order valence-corrected chi connectivity index (χ3v) is 4.26. The van der Waals surface area contributed by atoms with Gasteiger partial charge in [0.25, 0.3) is 0 Å². The van der Waals surface area contributed by atoms with Crippen molar-refractivity contribution in [2.45, 2.75) is 45.4 Å². The number of thiazole rings is 1. The number of rotatable bonds is 5. The van der Waals surface area contributed by atoms with Gasteiger partial charge in [-0.05, 0) is 25.0 Å². The molecule has 0 N–H and O–H groups in total. The van der Waals surface area contributed by atoms with Crippen LogP contribution < -0.4 is 0 Å². The molecule has 0 aliphatic heterocycles. The molecule has 0 radical (unpaired) electrons. The molecule has 2 heteroatoms. The summed E-state index contributed by atoms with van der Waals surface area (Å²) in [6.45, 7) is 4.53. The fourth-order valence-corrected chi connectivity index (χ4v) is 3.20. The number of aromatic nitrogens is 1. The van der Waals surface area contributed by atoms with E-state index in [0.29, 0.717) is 5.92 Å². The largest absolute Gasteiger partial charge is 0.241 e. The summed E-state index contributed by atoms with van der Waals surface area (Å²) in [4.78, 5) is 4.76. The summed E-state index contributed by atoms with van der Waals surface area (Å²) >= 11 is 1.87. The molecule has 1 nitrogen and oxygen atoms in total. The molecular weight excluding hydrogens is 214 g/mol. The molecule has 0 saturated carbocycles. The van der Waals surface area contributed by atoms with E-state index >= 15 is 0 Å². The van der Waals surface area contributed by atoms with Gasteiger partial charge < -0.3 is 0 Å². The molecule has 1 aromatic carbocycles. The van der Waals surface area contributed by atoms with Gasteiger partial charge in [-0.2, -0.15) is 0 Å². The molecule has 2 aromatic rings. The Balaban J connectivity index is 2.23. The van der Waals surface area contributed by atoms with E-state index < -0.39 is 0 Å². The lowest BCUT2D eigenvalue weighted by Crippen LogP contribution is -1.96. The van der Waals surface area contributed by atoms with Crippen LogP contribution in [-0.4, -0.2) is 4.98 Å². The first kappa shape index (κ1) is 11.6. The summed E-state index contributed by atoms with van der Waals surface area (Å²) in [5.74, 6) is 0.664. The van der Waals surface area contributed by atoms with Crippen LogP contribution in [0.2, 0.25) is 0 Å². The Morgan fingerprint density at radius 1 is 1.25 bits per heavy atom. The normalized spacial score (nSPS) is 13.1. The summed E-state index contributed by atoms with van der Waals surface area (Å²) in [5.41, 5.74) is 1.16. The van der Waals surface area contributed by atoms with Gasteiger partial charge >= 0.3 is 0 Å². The van der Waals surface area contributed by atoms with Crippen molar-refractivity contribution in [2.75, 3.05) is 0 Å². The summed E-state index contributed by atoms with van der Waals surface area (Å²) in [5, 5.41) is 1.33. The van der Waals surface area contributed by atoms with Crippen LogP contribution in [0.5, 0.6) is 0 Å². The maximum Gasteiger partial charge on any atom is 0.0969 e. The smallest absolute Gasteiger partial charge is 0.0969 e. The highest BCUT2D eigenvalue weighted by Gasteiger charge is 2.13. The monoisotopic (exact) mass is 233 g/mol. The molecule has 1 heterocycles. The first-order valence-electron chi connectivity index (χ1n) is 6.20. The summed E-state index contributed by atoms with van der Waals surface area (Å²) in [6, 6.07) is 8.45. The average molecular weight is 233 g/mol. The minimum absolute atomic E-state index is 0.664. The highest BCUT2D eigenvalue weighted by atomic mass is 32.1. The summed E-state index contributed by atoms with van der Waals surface area (Å²) in [7, 11) is 0. The van der Waals surface area contributed by atoms with Gasteiger partial charge in [0.2, 0.25) is 0 Å². The number of benzene rings is 1. The van der Waals surface area contributed by atoms with Crippen LogP contribution in [0, 0.1) is 0 Å². The standard InChI is InChI=1S/C14H19NS/c1-3-5-8-11(4-2)14-15-12-9-6-7-10-13(12)16-14/h6-7,9-11H,3-5,8H2,1-2H3. The minimum atomic E-state index is 0.664. The molecule has 2 rings (SSSR count). The van der Waals surface area contributed by atoms with Gasteiger partial charge in [-0.15, -0.1) is 11.3 Å². The molecule has 0 aliphatic rings. The van der Waals surface area contributed by atoms with Crippen molar-refractivity contribution in [2.24, 2.45) is 0 Å². The molecule has 0 aliphatic carbocycles. The van der Waals surface area contributed by atoms with E-state index in [2.05, 4.69) is 38.1 Å². The fraction of sp³-hybridized carbons (Fsp3) is 0.500. The van der Waals surface area contributed by atoms with Crippen LogP contribution in [0.1, 0.15) is 50.5 Å². The van der Waals surface area contributed by atoms with Crippen molar-refractivity contribution < 1.29 is 0 Å². The second kappa shape index (κ2) is 5.44. The number of para-hydroxylation sites is 1. The Hall–Kier alpha value is -0.890. The molecule has 0 fully saturated rings. The molecule has 1 aromatic heterocycles. The first-order chi connectivity index (χ1) is 7.85. The lowest BCUT2D eigenvalue weighted by molar-refractivity contribution is 0.568. The van der Waals surface area contributed by atoms with Gasteiger partial charge in [0.05, 0.1) is 15.2 Å². The Labute approximate surface area is 102 Å². The van der Waals surface area contributed by atoms with Crippen molar-refractivity contribution >= 4 is 21.6 Å². The van der Waals surface area contributed by atoms with E-state index in [1.165, 1.54) is 35.4 Å². The zero-order valence-corrected chi connectivity index (χ0v) is 10.9. The van der Waals surface area contributed by atoms with Crippen molar-refractivity contribution in [3.63, 3.8) is 0 Å². The molecule has 1 unspecified atom stereocenters. The lowest BCUT2D eigenvalue weighted by Gasteiger charge is -2.10. The first-order valence-corrected chi connectivity index (χ1v) is 7.02. The van der Waals surface area contributed by atoms with E-state index in [1.807, 2.05) is 11.3 Å². The maximum atomic E-state index is 4.76. The van der Waals surface area contributed by atoms with Crippen LogP contribution in [0.4, 0.5) is 0 Å². The van der Waals surface area contributed by atoms with Crippen molar-refractivity contribution in [1.29, 1.82) is 0 Å². The Morgan fingerprint density at radius 3 is 2.75 bits per heavy atom. The van der Waals surface area contributed by atoms with Gasteiger partial charge in [0, 0.05) is 5.92 Å². The topological polar surface area (TPSA) is 12.9 Å². The van der Waals surface area contributed by atoms with Crippen LogP contribution in [0.25, 0.3) is 10.2 Å². The molecule has 16 heavy (non-hydrogen) atoms. The van der Waals surface area contributed by atoms with Crippen molar-refractivity contribution in [3.8, 4) is 0 Å². The second-order valence-corrected chi connectivity index (χ2v) is 5.33. The van der Waals surface area contributed by atoms with E-state index in [-0.39, 0.29) is 0 Å². The van der Waals surface area contributed by atoms with E-state index in [0.717, 1.165) is 5.52 Å². The molecule has 0 bridgehead atoms. The molecule has 1 atom stereocenters. The predicted octanol–water partition coefficient (Wildman–Crippen LogP) is 4.98. The van der Waals surface area contributed by atoms with Gasteiger partial charge in [-0.25, -0.2) is 4.98 Å². The van der Waals surface area contributed by atoms with Crippen LogP contribution in [0.15, 0.2) is 24.3 Å². The molecule has 0 saturated heterocycles. The number of nitrogens with zero attached hydrogens (tertiary/aromatic N) is 1. The Kier molecular flexibility index (Phi) is 3.94. The molecule has 0 amide bonds. The lowest BCUT2D eigenvalue weighted by atomic mass is 10.0. The maximum absolute atomic E-state index is 4.76. The average Bonchev–Trinajstić information content (AvgIpc) is 2.73. The minimum Gasteiger partial charge on any atom is -0.241 e. The van der Waals surface area contributed by atoms with E-state index in [9.17, 15) is 0 Å². The number of fused-ring (bicyclic) bond motifs is 1. The SMILES string of the molecule is CCCCC(CC)c1nc2ccccc2s1. The number of hydrogen-bond donors (Lipinski definition) is 0. The fourth-order valence-electron chi connectivity index (χ4n) is 2.02. The van der Waals surface area contributed by atoms with Gasteiger partial charge in [-0.1, -0.05) is 38.8 Å². The van der Waals surface area contributed by atoms with Gasteiger partial charge in [-0.3, -0.25) is 0 Å². The van der Waals surface area contributed by atoms with Gasteiger partial charge in [0.1, 0.15) is 0 Å². The van der Waals surface area contributed by atoms with Crippen LogP contribution >= 0.6 is 11.3 Å². The number of hydrogen-bond acceptors (Lipinski definition) is 2. The molecular formula is C14H19NS. The Morgan fingerprint density at radius 2 is 2.06 bits per heavy atom. The third-order valence-electron chi connectivity index (χ3n) is 3.06. The molecule has 0 spiro atoms. The quantitative estimate of drug-likeness (QED) is 0.709. The zero-order valence-electron chi connectivity index (χ0n) is 10.1. The highest BCUT2D eigenvalue weighted by molar-refractivity contribution is 7.18.